The maximum atomic E-state index is 12.9. The van der Waals surface area contributed by atoms with Crippen molar-refractivity contribution in [2.75, 3.05) is 0 Å². The average molecular weight is 519 g/mol. The van der Waals surface area contributed by atoms with E-state index in [4.69, 9.17) is 39.5 Å². The largest absolute Gasteiger partial charge is 0.422 e. The first-order chi connectivity index (χ1) is 15.8. The highest BCUT2D eigenvalue weighted by molar-refractivity contribution is 8.18. The molecule has 5 nitrogen and oxygen atoms in total. The van der Waals surface area contributed by atoms with Crippen molar-refractivity contribution in [3.05, 3.63) is 103 Å². The molecule has 1 heterocycles. The van der Waals surface area contributed by atoms with E-state index in [2.05, 4.69) is 0 Å². The number of para-hydroxylation sites is 1. The molecule has 4 rings (SSSR count). The molecular formula is C24H14Cl3NO4S. The van der Waals surface area contributed by atoms with E-state index in [1.54, 1.807) is 48.5 Å². The summed E-state index contributed by atoms with van der Waals surface area (Å²) >= 11 is 18.8. The minimum atomic E-state index is -0.674. The molecule has 0 unspecified atom stereocenters. The van der Waals surface area contributed by atoms with Crippen LogP contribution in [0.3, 0.4) is 0 Å². The molecule has 0 aromatic heterocycles. The summed E-state index contributed by atoms with van der Waals surface area (Å²) in [5, 5.41) is 0.678. The normalized spacial score (nSPS) is 14.8. The summed E-state index contributed by atoms with van der Waals surface area (Å²) in [5.41, 5.74) is 1.35. The van der Waals surface area contributed by atoms with Crippen LogP contribution in [0.25, 0.3) is 6.08 Å². The van der Waals surface area contributed by atoms with Gasteiger partial charge in [0.05, 0.1) is 22.0 Å². The first-order valence-electron chi connectivity index (χ1n) is 9.58. The quantitative estimate of drug-likeness (QED) is 0.205. The fourth-order valence-electron chi connectivity index (χ4n) is 3.10. The molecule has 0 N–H and O–H groups in total. The van der Waals surface area contributed by atoms with E-state index in [9.17, 15) is 14.4 Å². The summed E-state index contributed by atoms with van der Waals surface area (Å²) < 4.78 is 5.52. The minimum Gasteiger partial charge on any atom is -0.422 e. The minimum absolute atomic E-state index is 0.105. The van der Waals surface area contributed by atoms with Gasteiger partial charge in [-0.3, -0.25) is 14.5 Å². The van der Waals surface area contributed by atoms with Gasteiger partial charge in [-0.1, -0.05) is 65.1 Å². The number of benzene rings is 3. The summed E-state index contributed by atoms with van der Waals surface area (Å²) in [5.74, 6) is -0.895. The summed E-state index contributed by atoms with van der Waals surface area (Å²) in [4.78, 5) is 39.3. The number of nitrogens with zero attached hydrogens (tertiary/aromatic N) is 1. The number of ether oxygens (including phenoxy) is 1. The van der Waals surface area contributed by atoms with Crippen molar-refractivity contribution in [2.45, 2.75) is 6.54 Å². The molecule has 1 saturated heterocycles. The predicted octanol–water partition coefficient (Wildman–Crippen LogP) is 7.10. The molecule has 2 amide bonds. The molecule has 0 atom stereocenters. The van der Waals surface area contributed by atoms with Gasteiger partial charge in [0, 0.05) is 15.6 Å². The predicted molar refractivity (Wildman–Crippen MR) is 131 cm³/mol. The highest BCUT2D eigenvalue weighted by Crippen LogP contribution is 2.35. The van der Waals surface area contributed by atoms with Gasteiger partial charge in [0.2, 0.25) is 0 Å². The molecule has 33 heavy (non-hydrogen) atoms. The molecular weight excluding hydrogens is 505 g/mol. The third-order valence-electron chi connectivity index (χ3n) is 4.66. The molecule has 0 spiro atoms. The molecule has 1 aliphatic rings. The monoisotopic (exact) mass is 517 g/mol. The van der Waals surface area contributed by atoms with Crippen molar-refractivity contribution in [1.82, 2.24) is 4.90 Å². The van der Waals surface area contributed by atoms with E-state index in [-0.39, 0.29) is 27.8 Å². The van der Waals surface area contributed by atoms with Gasteiger partial charge in [0.25, 0.3) is 11.1 Å². The summed E-state index contributed by atoms with van der Waals surface area (Å²) in [6.07, 6.45) is 1.52. The second-order valence-corrected chi connectivity index (χ2v) is 9.22. The van der Waals surface area contributed by atoms with E-state index in [1.165, 1.54) is 24.3 Å². The lowest BCUT2D eigenvalue weighted by atomic mass is 10.1. The van der Waals surface area contributed by atoms with Crippen LogP contribution in [0.4, 0.5) is 4.79 Å². The zero-order valence-corrected chi connectivity index (χ0v) is 19.8. The molecule has 1 aliphatic heterocycles. The molecule has 0 aliphatic carbocycles. The molecule has 0 bridgehead atoms. The zero-order chi connectivity index (χ0) is 23.5. The van der Waals surface area contributed by atoms with E-state index < -0.39 is 17.1 Å². The van der Waals surface area contributed by atoms with Crippen LogP contribution in [0.2, 0.25) is 15.1 Å². The summed E-state index contributed by atoms with van der Waals surface area (Å²) in [7, 11) is 0. The van der Waals surface area contributed by atoms with Crippen LogP contribution in [-0.4, -0.2) is 22.0 Å². The summed E-state index contributed by atoms with van der Waals surface area (Å²) in [6.45, 7) is 0.105. The van der Waals surface area contributed by atoms with Gasteiger partial charge in [-0.05, 0) is 59.8 Å². The lowest BCUT2D eigenvalue weighted by Gasteiger charge is -2.12. The van der Waals surface area contributed by atoms with E-state index in [1.807, 2.05) is 0 Å². The molecule has 3 aromatic carbocycles. The highest BCUT2D eigenvalue weighted by Gasteiger charge is 2.35. The average Bonchev–Trinajstić information content (AvgIpc) is 3.02. The fraction of sp³-hybridized carbons (Fsp3) is 0.0417. The van der Waals surface area contributed by atoms with Crippen molar-refractivity contribution in [2.24, 2.45) is 0 Å². The number of imide groups is 1. The van der Waals surface area contributed by atoms with E-state index in [0.717, 1.165) is 22.2 Å². The maximum absolute atomic E-state index is 12.9. The Morgan fingerprint density at radius 3 is 2.45 bits per heavy atom. The molecule has 1 fully saturated rings. The lowest BCUT2D eigenvalue weighted by molar-refractivity contribution is -0.123. The van der Waals surface area contributed by atoms with Gasteiger partial charge in [-0.25, -0.2) is 4.79 Å². The Morgan fingerprint density at radius 1 is 0.939 bits per heavy atom. The van der Waals surface area contributed by atoms with Crippen LogP contribution in [0, 0.1) is 0 Å². The van der Waals surface area contributed by atoms with Crippen molar-refractivity contribution in [3.8, 4) is 5.75 Å². The zero-order valence-electron chi connectivity index (χ0n) is 16.8. The highest BCUT2D eigenvalue weighted by atomic mass is 35.5. The van der Waals surface area contributed by atoms with Gasteiger partial charge in [0.15, 0.2) is 0 Å². The van der Waals surface area contributed by atoms with Crippen LogP contribution >= 0.6 is 46.6 Å². The van der Waals surface area contributed by atoms with Crippen LogP contribution in [0.1, 0.15) is 21.5 Å². The topological polar surface area (TPSA) is 63.7 Å². The number of carbonyl (C=O) groups excluding carboxylic acids is 3. The standard InChI is InChI=1S/C24H14Cl3NO4S/c25-16-6-3-4-14(10-16)13-28-22(29)21(33-24(28)31)11-15-5-1-2-7-20(15)32-23(30)18-9-8-17(26)12-19(18)27/h1-12H,13H2/b21-11-. The number of esters is 1. The Labute approximate surface area is 208 Å². The molecule has 0 radical (unpaired) electrons. The second-order valence-electron chi connectivity index (χ2n) is 6.95. The van der Waals surface area contributed by atoms with E-state index >= 15 is 0 Å². The SMILES string of the molecule is O=C(Oc1ccccc1/C=C1\SC(=O)N(Cc2cccc(Cl)c2)C1=O)c1ccc(Cl)cc1Cl. The Kier molecular flexibility index (Phi) is 7.10. The Balaban J connectivity index is 1.56. The van der Waals surface area contributed by atoms with Crippen molar-refractivity contribution in [3.63, 3.8) is 0 Å². The molecule has 166 valence electrons. The lowest BCUT2D eigenvalue weighted by Crippen LogP contribution is -2.27. The number of hydrogen-bond donors (Lipinski definition) is 0. The smallest absolute Gasteiger partial charge is 0.345 e. The van der Waals surface area contributed by atoms with Crippen molar-refractivity contribution >= 4 is 69.8 Å². The number of rotatable bonds is 5. The van der Waals surface area contributed by atoms with Crippen molar-refractivity contribution < 1.29 is 19.1 Å². The Bertz CT molecular complexity index is 1310. The first-order valence-corrected chi connectivity index (χ1v) is 11.5. The van der Waals surface area contributed by atoms with E-state index in [0.29, 0.717) is 15.6 Å². The third kappa shape index (κ3) is 5.42. The number of carbonyl (C=O) groups is 3. The maximum Gasteiger partial charge on any atom is 0.345 e. The molecule has 9 heteroatoms. The Hall–Kier alpha value is -2.77. The van der Waals surface area contributed by atoms with Gasteiger partial charge in [0.1, 0.15) is 5.75 Å². The number of amides is 2. The number of halogens is 3. The number of thioether (sulfide) groups is 1. The van der Waals surface area contributed by atoms with Crippen LogP contribution in [0.5, 0.6) is 5.75 Å². The van der Waals surface area contributed by atoms with Crippen LogP contribution in [-0.2, 0) is 11.3 Å². The van der Waals surface area contributed by atoms with Crippen molar-refractivity contribution in [1.29, 1.82) is 0 Å². The number of hydrogen-bond acceptors (Lipinski definition) is 5. The molecule has 3 aromatic rings. The first kappa shape index (κ1) is 23.4. The van der Waals surface area contributed by atoms with Crippen LogP contribution in [0.15, 0.2) is 71.6 Å². The van der Waals surface area contributed by atoms with Gasteiger partial charge in [-0.2, -0.15) is 0 Å². The van der Waals surface area contributed by atoms with Gasteiger partial charge >= 0.3 is 5.97 Å². The van der Waals surface area contributed by atoms with Crippen LogP contribution < -0.4 is 4.74 Å². The summed E-state index contributed by atoms with van der Waals surface area (Å²) in [6, 6.07) is 18.1. The van der Waals surface area contributed by atoms with Gasteiger partial charge < -0.3 is 4.74 Å². The Morgan fingerprint density at radius 2 is 1.70 bits per heavy atom. The third-order valence-corrected chi connectivity index (χ3v) is 6.35. The van der Waals surface area contributed by atoms with Gasteiger partial charge in [-0.15, -0.1) is 0 Å². The molecule has 0 saturated carbocycles. The fourth-order valence-corrected chi connectivity index (χ4v) is 4.63. The second kappa shape index (κ2) is 10.0.